The molecule has 58 heavy (non-hydrogen) atoms. The number of halogens is 1. The minimum Gasteiger partial charge on any atom is -0.456 e. The molecule has 1 saturated heterocycles. The van der Waals surface area contributed by atoms with Crippen LogP contribution in [0, 0.1) is 3.70 Å². The summed E-state index contributed by atoms with van der Waals surface area (Å²) in [7, 11) is 1.76. The number of benzene rings is 4. The second-order valence-electron chi connectivity index (χ2n) is 14.0. The van der Waals surface area contributed by atoms with E-state index in [1.165, 1.54) is 0 Å². The van der Waals surface area contributed by atoms with E-state index in [2.05, 4.69) is 106 Å². The number of hydroxylamine groups is 2. The number of imide groups is 1. The van der Waals surface area contributed by atoms with E-state index in [1.54, 1.807) is 40.9 Å². The Bertz CT molecular complexity index is 2550. The summed E-state index contributed by atoms with van der Waals surface area (Å²) in [4.78, 5) is 59.7. The zero-order valence-corrected chi connectivity index (χ0v) is 35.4. The summed E-state index contributed by atoms with van der Waals surface area (Å²) >= 11 is 2.18. The summed E-state index contributed by atoms with van der Waals surface area (Å²) in [5.74, 6) is -1.28. The molecular weight excluding hydrogens is 847 g/mol. The van der Waals surface area contributed by atoms with Crippen LogP contribution in [0.2, 0.25) is 0 Å². The van der Waals surface area contributed by atoms with E-state index in [9.17, 15) is 19.2 Å². The molecule has 3 amide bonds. The molecule has 3 aliphatic rings. The molecule has 1 fully saturated rings. The van der Waals surface area contributed by atoms with Gasteiger partial charge in [0.1, 0.15) is 33.8 Å². The van der Waals surface area contributed by atoms with Crippen LogP contribution >= 0.6 is 22.6 Å². The van der Waals surface area contributed by atoms with Crippen molar-refractivity contribution in [1.82, 2.24) is 29.5 Å². The number of carbonyl (C=O) groups excluding carboxylic acids is 4. The lowest BCUT2D eigenvalue weighted by molar-refractivity contribution is -0.172. The zero-order chi connectivity index (χ0) is 41.1. The van der Waals surface area contributed by atoms with Crippen LogP contribution in [-0.4, -0.2) is 81.9 Å². The molecule has 0 spiro atoms. The molecule has 298 valence electrons. The van der Waals surface area contributed by atoms with Gasteiger partial charge in [0.05, 0.1) is 24.7 Å². The highest BCUT2D eigenvalue weighted by Crippen LogP contribution is 2.42. The fraction of sp³-hybridized carbons (Fsp3) is 0.295. The Morgan fingerprint density at radius 3 is 2.28 bits per heavy atom. The maximum absolute atomic E-state index is 14.5. The molecular formula is C44H45IN7O6+. The third kappa shape index (κ3) is 7.97. The van der Waals surface area contributed by atoms with Crippen molar-refractivity contribution in [3.05, 3.63) is 116 Å². The third-order valence-electron chi connectivity index (χ3n) is 10.5. The van der Waals surface area contributed by atoms with Crippen LogP contribution in [0.1, 0.15) is 72.5 Å². The Labute approximate surface area is 349 Å². The predicted molar refractivity (Wildman–Crippen MR) is 229 cm³/mol. The fourth-order valence-corrected chi connectivity index (χ4v) is 7.91. The second-order valence-corrected chi connectivity index (χ2v) is 15.1. The molecule has 0 atom stereocenters. The van der Waals surface area contributed by atoms with Gasteiger partial charge in [-0.3, -0.25) is 14.4 Å². The average molecular weight is 893 g/mol. The molecule has 1 aliphatic carbocycles. The van der Waals surface area contributed by atoms with Crippen molar-refractivity contribution in [1.29, 1.82) is 0 Å². The van der Waals surface area contributed by atoms with Crippen LogP contribution in [0.3, 0.4) is 0 Å². The number of nitrogens with zero attached hydrogens (tertiary/aromatic N) is 7. The molecule has 14 heteroatoms. The van der Waals surface area contributed by atoms with Gasteiger partial charge in [-0.05, 0) is 97.8 Å². The molecule has 0 radical (unpaired) electrons. The predicted octanol–water partition coefficient (Wildman–Crippen LogP) is 6.60. The molecule has 1 aromatic heterocycles. The molecule has 3 aromatic carbocycles. The van der Waals surface area contributed by atoms with E-state index in [4.69, 9.17) is 9.25 Å². The van der Waals surface area contributed by atoms with Gasteiger partial charge in [-0.2, -0.15) is 0 Å². The van der Waals surface area contributed by atoms with E-state index in [0.29, 0.717) is 22.9 Å². The van der Waals surface area contributed by atoms with E-state index in [1.807, 2.05) is 24.3 Å². The number of fused-ring (bicyclic) bond motifs is 2. The highest BCUT2D eigenvalue weighted by atomic mass is 125. The van der Waals surface area contributed by atoms with Gasteiger partial charge in [-0.1, -0.05) is 35.5 Å². The minimum atomic E-state index is -0.792. The summed E-state index contributed by atoms with van der Waals surface area (Å²) in [6.07, 6.45) is 0.0492. The first-order valence-electron chi connectivity index (χ1n) is 19.5. The molecule has 0 N–H and O–H groups in total. The Balaban J connectivity index is 1.16. The number of hydrogen-bond acceptors (Lipinski definition) is 9. The van der Waals surface area contributed by atoms with Gasteiger partial charge in [0, 0.05) is 72.9 Å². The first kappa shape index (κ1) is 40.3. The van der Waals surface area contributed by atoms with Crippen LogP contribution in [0.5, 0.6) is 0 Å². The highest BCUT2D eigenvalue weighted by molar-refractivity contribution is 14.1. The van der Waals surface area contributed by atoms with Crippen molar-refractivity contribution in [2.75, 3.05) is 38.1 Å². The first-order valence-corrected chi connectivity index (χ1v) is 20.6. The molecule has 0 bridgehead atoms. The minimum absolute atomic E-state index is 0.0246. The molecule has 0 unspecified atom stereocenters. The quantitative estimate of drug-likeness (QED) is 0.0545. The van der Waals surface area contributed by atoms with Crippen LogP contribution < -0.4 is 14.8 Å². The molecule has 2 aliphatic heterocycles. The number of aromatic nitrogens is 3. The normalized spacial score (nSPS) is 12.8. The molecule has 7 rings (SSSR count). The summed E-state index contributed by atoms with van der Waals surface area (Å²) in [5.41, 5.74) is 6.70. The third-order valence-corrected chi connectivity index (χ3v) is 11.7. The Morgan fingerprint density at radius 1 is 0.879 bits per heavy atom. The number of hydrogen-bond donors (Lipinski definition) is 0. The summed E-state index contributed by atoms with van der Waals surface area (Å²) in [5, 5.41) is 11.3. The molecule has 13 nitrogen and oxygen atoms in total. The smallest absolute Gasteiger partial charge is 0.363 e. The van der Waals surface area contributed by atoms with Gasteiger partial charge < -0.3 is 19.1 Å². The fourth-order valence-electron chi connectivity index (χ4n) is 7.37. The van der Waals surface area contributed by atoms with Crippen molar-refractivity contribution >= 4 is 62.9 Å². The largest absolute Gasteiger partial charge is 0.456 e. The maximum Gasteiger partial charge on any atom is 0.363 e. The highest BCUT2D eigenvalue weighted by Gasteiger charge is 2.33. The lowest BCUT2D eigenvalue weighted by Gasteiger charge is -2.23. The Kier molecular flexibility index (Phi) is 12.0. The van der Waals surface area contributed by atoms with Gasteiger partial charge in [0.2, 0.25) is 5.36 Å². The lowest BCUT2D eigenvalue weighted by atomic mass is 9.90. The van der Waals surface area contributed by atoms with E-state index in [-0.39, 0.29) is 30.9 Å². The van der Waals surface area contributed by atoms with Crippen molar-refractivity contribution in [2.24, 2.45) is 0 Å². The second kappa shape index (κ2) is 17.3. The van der Waals surface area contributed by atoms with Crippen LogP contribution in [0.4, 0.5) is 5.69 Å². The van der Waals surface area contributed by atoms with E-state index >= 15 is 0 Å². The van der Waals surface area contributed by atoms with Crippen molar-refractivity contribution < 1.29 is 28.4 Å². The number of anilines is 1. The van der Waals surface area contributed by atoms with Crippen LogP contribution in [0.25, 0.3) is 33.4 Å². The number of rotatable bonds is 13. The van der Waals surface area contributed by atoms with Gasteiger partial charge in [0.15, 0.2) is 0 Å². The number of amides is 3. The van der Waals surface area contributed by atoms with Gasteiger partial charge in [0.25, 0.3) is 17.7 Å². The van der Waals surface area contributed by atoms with E-state index < -0.39 is 17.8 Å². The molecule has 4 aromatic rings. The standard InChI is InChI=1S/C44H45IN7O6/c1-6-49(7-2)30-18-20-34-37(24-30)57-38-25-31(50(8-3)9-4)19-21-35(38)41(34)32-12-10-11-13-33(32)43(55)48(5)27-36-42(45)51(47-46-36)26-28-14-16-29(17-15-28)44(56)58-52-39(53)22-23-40(52)54/h10-21,24-25H,6-9,22-23,26-27H2,1-5H3/q+1/i45-2. The summed E-state index contributed by atoms with van der Waals surface area (Å²) in [6.45, 7) is 12.6. The summed E-state index contributed by atoms with van der Waals surface area (Å²) < 4.78 is 11.5. The average Bonchev–Trinajstić information content (AvgIpc) is 3.75. The summed E-state index contributed by atoms with van der Waals surface area (Å²) in [6, 6.07) is 27.0. The Hall–Kier alpha value is -5.90. The van der Waals surface area contributed by atoms with Gasteiger partial charge in [-0.15, -0.1) is 10.2 Å². The number of carbonyl (C=O) groups is 4. The van der Waals surface area contributed by atoms with Crippen LogP contribution in [0.15, 0.2) is 89.3 Å². The van der Waals surface area contributed by atoms with Crippen molar-refractivity contribution in [3.63, 3.8) is 0 Å². The van der Waals surface area contributed by atoms with Gasteiger partial charge >= 0.3 is 5.97 Å². The molecule has 3 heterocycles. The topological polar surface area (TPSA) is 134 Å². The van der Waals surface area contributed by atoms with Crippen molar-refractivity contribution in [2.45, 2.75) is 53.6 Å². The zero-order valence-electron chi connectivity index (χ0n) is 33.2. The van der Waals surface area contributed by atoms with Gasteiger partial charge in [-0.25, -0.2) is 14.1 Å². The SMILES string of the molecule is CCN(CC)c1ccc2c(-c3ccccc3C(=O)N(C)Cc3nnn(Cc4ccc(C(=O)ON5C(=O)CCC5=O)cc4)c3[125I])c3ccc(=[N+](CC)CC)cc-3oc2c1. The van der Waals surface area contributed by atoms with E-state index in [0.717, 1.165) is 79.9 Å². The molecule has 0 saturated carbocycles. The maximum atomic E-state index is 14.5. The Morgan fingerprint density at radius 2 is 1.59 bits per heavy atom. The monoisotopic (exact) mass is 892 g/mol. The lowest BCUT2D eigenvalue weighted by Crippen LogP contribution is -2.32. The first-order chi connectivity index (χ1) is 28.0. The van der Waals surface area contributed by atoms with Crippen molar-refractivity contribution in [3.8, 4) is 22.5 Å². The van der Waals surface area contributed by atoms with Crippen LogP contribution in [-0.2, 0) is 27.5 Å².